The van der Waals surface area contributed by atoms with Crippen LogP contribution in [0.2, 0.25) is 0 Å². The Balaban J connectivity index is 1.82. The molecule has 2 saturated heterocycles. The van der Waals surface area contributed by atoms with Gasteiger partial charge in [-0.25, -0.2) is 0 Å². The highest BCUT2D eigenvalue weighted by molar-refractivity contribution is 5.82. The molecule has 1 N–H and O–H groups in total. The fraction of sp³-hybridized carbons (Fsp3) is 0.562. The summed E-state index contributed by atoms with van der Waals surface area (Å²) >= 11 is 0. The number of carbonyl (C=O) groups is 1. The second kappa shape index (κ2) is 5.33. The lowest BCUT2D eigenvalue weighted by atomic mass is 9.83. The average Bonchev–Trinajstić information content (AvgIpc) is 2.39. The third-order valence-corrected chi connectivity index (χ3v) is 4.42. The van der Waals surface area contributed by atoms with E-state index in [1.807, 2.05) is 0 Å². The summed E-state index contributed by atoms with van der Waals surface area (Å²) in [5.41, 5.74) is 2.41. The van der Waals surface area contributed by atoms with Crippen LogP contribution in [0.25, 0.3) is 0 Å². The van der Waals surface area contributed by atoms with Crippen molar-refractivity contribution in [3.8, 4) is 0 Å². The molecule has 2 unspecified atom stereocenters. The first kappa shape index (κ1) is 12.7. The van der Waals surface area contributed by atoms with Gasteiger partial charge in [0.1, 0.15) is 5.78 Å². The maximum absolute atomic E-state index is 11.7. The molecule has 3 nitrogen and oxygen atoms in total. The largest absolute Gasteiger partial charge is 0.396 e. The number of nitrogens with zero attached hydrogens (tertiary/aromatic N) is 1. The third-order valence-electron chi connectivity index (χ3n) is 4.42. The van der Waals surface area contributed by atoms with Crippen LogP contribution in [0.3, 0.4) is 0 Å². The fourth-order valence-corrected chi connectivity index (χ4v) is 3.56. The maximum atomic E-state index is 11.7. The number of piperidine rings is 2. The number of carbonyl (C=O) groups excluding carboxylic acids is 1. The molecule has 3 heteroatoms. The van der Waals surface area contributed by atoms with E-state index >= 15 is 0 Å². The Labute approximate surface area is 114 Å². The van der Waals surface area contributed by atoms with Gasteiger partial charge in [0.05, 0.1) is 0 Å². The lowest BCUT2D eigenvalue weighted by Crippen LogP contribution is -2.52. The van der Waals surface area contributed by atoms with Crippen molar-refractivity contribution in [3.63, 3.8) is 0 Å². The summed E-state index contributed by atoms with van der Waals surface area (Å²) in [4.78, 5) is 14.2. The van der Waals surface area contributed by atoms with Gasteiger partial charge in [-0.1, -0.05) is 12.1 Å². The molecule has 2 bridgehead atoms. The molecule has 2 atom stereocenters. The Hall–Kier alpha value is -1.35. The Morgan fingerprint density at radius 3 is 2.32 bits per heavy atom. The summed E-state index contributed by atoms with van der Waals surface area (Å²) in [6, 6.07) is 9.29. The minimum Gasteiger partial charge on any atom is -0.396 e. The summed E-state index contributed by atoms with van der Waals surface area (Å²) in [6.45, 7) is 0.197. The van der Waals surface area contributed by atoms with Gasteiger partial charge in [-0.3, -0.25) is 4.79 Å². The van der Waals surface area contributed by atoms with Crippen molar-refractivity contribution in [3.05, 3.63) is 29.8 Å². The van der Waals surface area contributed by atoms with Crippen LogP contribution in [-0.2, 0) is 11.2 Å². The van der Waals surface area contributed by atoms with Gasteiger partial charge >= 0.3 is 0 Å². The number of benzene rings is 1. The van der Waals surface area contributed by atoms with Crippen molar-refractivity contribution in [2.45, 2.75) is 50.6 Å². The van der Waals surface area contributed by atoms with Crippen molar-refractivity contribution >= 4 is 11.5 Å². The van der Waals surface area contributed by atoms with Crippen LogP contribution in [0.5, 0.6) is 0 Å². The third kappa shape index (κ3) is 2.52. The molecule has 0 saturated carbocycles. The first-order valence-electron chi connectivity index (χ1n) is 7.28. The van der Waals surface area contributed by atoms with Crippen molar-refractivity contribution < 1.29 is 9.90 Å². The second-order valence-corrected chi connectivity index (χ2v) is 5.73. The molecular formula is C16H21NO2. The molecule has 1 aromatic carbocycles. The van der Waals surface area contributed by atoms with E-state index in [9.17, 15) is 4.79 Å². The summed E-state index contributed by atoms with van der Waals surface area (Å²) in [5.74, 6) is 0.433. The number of fused-ring (bicyclic) bond motifs is 2. The normalized spacial score (nSPS) is 26.6. The standard InChI is InChI=1S/C16H21NO2/c18-9-8-12-4-6-13(7-5-12)17-14-2-1-3-15(17)11-16(19)10-14/h4-7,14-15,18H,1-3,8-11H2. The van der Waals surface area contributed by atoms with Crippen LogP contribution in [0, 0.1) is 0 Å². The van der Waals surface area contributed by atoms with Gasteiger partial charge in [-0.2, -0.15) is 0 Å². The maximum Gasteiger partial charge on any atom is 0.137 e. The Bertz CT molecular complexity index is 438. The molecule has 0 aliphatic carbocycles. The molecule has 0 aromatic heterocycles. The van der Waals surface area contributed by atoms with Gasteiger partial charge in [0.25, 0.3) is 0 Å². The minimum atomic E-state index is 0.197. The molecule has 0 radical (unpaired) electrons. The second-order valence-electron chi connectivity index (χ2n) is 5.73. The number of hydrogen-bond acceptors (Lipinski definition) is 3. The molecule has 2 heterocycles. The number of anilines is 1. The predicted octanol–water partition coefficient (Wildman–Crippen LogP) is 2.31. The van der Waals surface area contributed by atoms with Gasteiger partial charge in [-0.05, 0) is 43.4 Å². The Morgan fingerprint density at radius 1 is 1.11 bits per heavy atom. The number of aliphatic hydroxyl groups excluding tert-OH is 1. The lowest BCUT2D eigenvalue weighted by molar-refractivity contribution is -0.121. The van der Waals surface area contributed by atoms with E-state index in [-0.39, 0.29) is 6.61 Å². The summed E-state index contributed by atoms with van der Waals surface area (Å²) in [7, 11) is 0. The van der Waals surface area contributed by atoms with E-state index in [1.54, 1.807) is 0 Å². The van der Waals surface area contributed by atoms with Crippen LogP contribution >= 0.6 is 0 Å². The molecule has 0 amide bonds. The van der Waals surface area contributed by atoms with Gasteiger partial charge in [0.2, 0.25) is 0 Å². The van der Waals surface area contributed by atoms with Crippen LogP contribution in [0.4, 0.5) is 5.69 Å². The smallest absolute Gasteiger partial charge is 0.137 e. The minimum absolute atomic E-state index is 0.197. The highest BCUT2D eigenvalue weighted by atomic mass is 16.2. The van der Waals surface area contributed by atoms with E-state index in [1.165, 1.54) is 17.7 Å². The molecular weight excluding hydrogens is 238 g/mol. The number of aliphatic hydroxyl groups is 1. The van der Waals surface area contributed by atoms with Crippen LogP contribution < -0.4 is 4.90 Å². The number of ketones is 1. The molecule has 3 rings (SSSR count). The summed E-state index contributed by atoms with van der Waals surface area (Å²) in [5, 5.41) is 8.95. The van der Waals surface area contributed by atoms with Crippen molar-refractivity contribution in [2.75, 3.05) is 11.5 Å². The molecule has 2 aliphatic rings. The quantitative estimate of drug-likeness (QED) is 0.905. The van der Waals surface area contributed by atoms with E-state index in [0.717, 1.165) is 25.7 Å². The number of hydrogen-bond donors (Lipinski definition) is 1. The van der Waals surface area contributed by atoms with E-state index in [4.69, 9.17) is 5.11 Å². The molecule has 19 heavy (non-hydrogen) atoms. The molecule has 1 aromatic rings. The highest BCUT2D eigenvalue weighted by Crippen LogP contribution is 2.36. The van der Waals surface area contributed by atoms with E-state index < -0.39 is 0 Å². The van der Waals surface area contributed by atoms with Crippen molar-refractivity contribution in [1.29, 1.82) is 0 Å². The van der Waals surface area contributed by atoms with Crippen molar-refractivity contribution in [2.24, 2.45) is 0 Å². The SMILES string of the molecule is O=C1CC2CCCC(C1)N2c1ccc(CCO)cc1. The van der Waals surface area contributed by atoms with Crippen molar-refractivity contribution in [1.82, 2.24) is 0 Å². The zero-order valence-corrected chi connectivity index (χ0v) is 11.2. The van der Waals surface area contributed by atoms with Gasteiger partial charge < -0.3 is 10.0 Å². The van der Waals surface area contributed by atoms with Gasteiger partial charge in [0.15, 0.2) is 0 Å². The average molecular weight is 259 g/mol. The first-order chi connectivity index (χ1) is 9.28. The summed E-state index contributed by atoms with van der Waals surface area (Å²) < 4.78 is 0. The lowest BCUT2D eigenvalue weighted by Gasteiger charge is -2.47. The fourth-order valence-electron chi connectivity index (χ4n) is 3.56. The highest BCUT2D eigenvalue weighted by Gasteiger charge is 2.37. The zero-order chi connectivity index (χ0) is 13.2. The predicted molar refractivity (Wildman–Crippen MR) is 75.4 cm³/mol. The molecule has 0 spiro atoms. The number of Topliss-reactive ketones (excluding diaryl/α,β-unsaturated/α-hetero) is 1. The summed E-state index contributed by atoms with van der Waals surface area (Å²) in [6.07, 6.45) is 5.68. The molecule has 2 aliphatic heterocycles. The molecule has 102 valence electrons. The Morgan fingerprint density at radius 2 is 1.74 bits per heavy atom. The first-order valence-corrected chi connectivity index (χ1v) is 7.28. The van der Waals surface area contributed by atoms with E-state index in [0.29, 0.717) is 24.3 Å². The van der Waals surface area contributed by atoms with Crippen LogP contribution in [0.1, 0.15) is 37.7 Å². The van der Waals surface area contributed by atoms with Gasteiger partial charge in [-0.15, -0.1) is 0 Å². The number of rotatable bonds is 3. The van der Waals surface area contributed by atoms with Crippen LogP contribution in [0.15, 0.2) is 24.3 Å². The topological polar surface area (TPSA) is 40.5 Å². The van der Waals surface area contributed by atoms with Crippen LogP contribution in [-0.4, -0.2) is 29.6 Å². The molecule has 2 fully saturated rings. The Kier molecular flexibility index (Phi) is 3.56. The van der Waals surface area contributed by atoms with E-state index in [2.05, 4.69) is 29.2 Å². The zero-order valence-electron chi connectivity index (χ0n) is 11.2. The van der Waals surface area contributed by atoms with Gasteiger partial charge in [0, 0.05) is 37.2 Å². The monoisotopic (exact) mass is 259 g/mol.